The zero-order valence-corrected chi connectivity index (χ0v) is 14.5. The largest absolute Gasteiger partial charge is 0.489 e. The third kappa shape index (κ3) is 5.21. The van der Waals surface area contributed by atoms with Crippen LogP contribution < -0.4 is 15.4 Å². The predicted octanol–water partition coefficient (Wildman–Crippen LogP) is 3.80. The van der Waals surface area contributed by atoms with Gasteiger partial charge in [0.1, 0.15) is 17.9 Å². The molecule has 0 aliphatic heterocycles. The molecule has 1 aromatic heterocycles. The number of para-hydroxylation sites is 1. The third-order valence-electron chi connectivity index (χ3n) is 4.36. The Morgan fingerprint density at radius 2 is 2.00 bits per heavy atom. The van der Waals surface area contributed by atoms with Gasteiger partial charge in [0.05, 0.1) is 6.54 Å². The lowest BCUT2D eigenvalue weighted by molar-refractivity contribution is 0.236. The molecule has 0 fully saturated rings. The molecule has 2 aromatic rings. The second-order valence-corrected chi connectivity index (χ2v) is 6.22. The summed E-state index contributed by atoms with van der Waals surface area (Å²) in [5.41, 5.74) is 2.31. The zero-order chi connectivity index (χ0) is 17.3. The Morgan fingerprint density at radius 1 is 1.12 bits per heavy atom. The van der Waals surface area contributed by atoms with E-state index < -0.39 is 0 Å². The SMILES string of the molecule is O=C(NCCOc1cccc2cccnc12)NCCC1=CCCCC1. The number of carbonyl (C=O) groups is 1. The number of ether oxygens (including phenoxy) is 1. The minimum absolute atomic E-state index is 0.143. The number of benzene rings is 1. The Kier molecular flexibility index (Phi) is 6.26. The summed E-state index contributed by atoms with van der Waals surface area (Å²) in [5.74, 6) is 0.740. The normalized spacial score (nSPS) is 14.0. The van der Waals surface area contributed by atoms with E-state index in [0.29, 0.717) is 19.7 Å². The third-order valence-corrected chi connectivity index (χ3v) is 4.36. The Hall–Kier alpha value is -2.56. The van der Waals surface area contributed by atoms with E-state index in [1.54, 1.807) is 6.20 Å². The van der Waals surface area contributed by atoms with Crippen molar-refractivity contribution in [1.29, 1.82) is 0 Å². The molecule has 1 heterocycles. The predicted molar refractivity (Wildman–Crippen MR) is 99.8 cm³/mol. The van der Waals surface area contributed by atoms with Crippen LogP contribution in [0.2, 0.25) is 0 Å². The highest BCUT2D eigenvalue weighted by Gasteiger charge is 2.05. The van der Waals surface area contributed by atoms with Gasteiger partial charge in [0, 0.05) is 18.1 Å². The van der Waals surface area contributed by atoms with Crippen molar-refractivity contribution in [2.45, 2.75) is 32.1 Å². The number of fused-ring (bicyclic) bond motifs is 1. The molecule has 0 saturated carbocycles. The summed E-state index contributed by atoms with van der Waals surface area (Å²) < 4.78 is 5.76. The summed E-state index contributed by atoms with van der Waals surface area (Å²) in [6, 6.07) is 9.61. The second-order valence-electron chi connectivity index (χ2n) is 6.22. The lowest BCUT2D eigenvalue weighted by atomic mass is 9.97. The highest BCUT2D eigenvalue weighted by atomic mass is 16.5. The first-order valence-electron chi connectivity index (χ1n) is 8.99. The van der Waals surface area contributed by atoms with Gasteiger partial charge in [0.2, 0.25) is 0 Å². The van der Waals surface area contributed by atoms with E-state index in [1.165, 1.54) is 31.3 Å². The van der Waals surface area contributed by atoms with Crippen LogP contribution in [0.1, 0.15) is 32.1 Å². The molecule has 1 aliphatic rings. The molecular weight excluding hydrogens is 314 g/mol. The van der Waals surface area contributed by atoms with Crippen LogP contribution in [-0.2, 0) is 0 Å². The fourth-order valence-corrected chi connectivity index (χ4v) is 3.05. The molecule has 0 atom stereocenters. The summed E-state index contributed by atoms with van der Waals surface area (Å²) in [6.07, 6.45) is 9.95. The Balaban J connectivity index is 1.35. The topological polar surface area (TPSA) is 63.2 Å². The quantitative estimate of drug-likeness (QED) is 0.596. The number of nitrogens with one attached hydrogen (secondary N) is 2. The summed E-state index contributed by atoms with van der Waals surface area (Å²) >= 11 is 0. The lowest BCUT2D eigenvalue weighted by Gasteiger charge is -2.13. The highest BCUT2D eigenvalue weighted by Crippen LogP contribution is 2.22. The lowest BCUT2D eigenvalue weighted by Crippen LogP contribution is -2.38. The van der Waals surface area contributed by atoms with E-state index >= 15 is 0 Å². The molecular formula is C20H25N3O2. The fraction of sp³-hybridized carbons (Fsp3) is 0.400. The molecule has 0 spiro atoms. The molecule has 2 amide bonds. The van der Waals surface area contributed by atoms with Gasteiger partial charge in [0.15, 0.2) is 0 Å². The molecule has 5 nitrogen and oxygen atoms in total. The van der Waals surface area contributed by atoms with Gasteiger partial charge in [-0.15, -0.1) is 0 Å². The Labute approximate surface area is 148 Å². The Morgan fingerprint density at radius 3 is 2.88 bits per heavy atom. The standard InChI is InChI=1S/C20H25N3O2/c24-20(22-13-11-16-6-2-1-3-7-16)23-14-15-25-18-10-4-8-17-9-5-12-21-19(17)18/h4-6,8-10,12H,1-3,7,11,13-15H2,(H2,22,23,24). The highest BCUT2D eigenvalue weighted by molar-refractivity contribution is 5.84. The number of allylic oxidation sites excluding steroid dienone is 1. The van der Waals surface area contributed by atoms with Gasteiger partial charge in [0.25, 0.3) is 0 Å². The minimum atomic E-state index is -0.143. The summed E-state index contributed by atoms with van der Waals surface area (Å²) in [4.78, 5) is 16.1. The first kappa shape index (κ1) is 17.3. The summed E-state index contributed by atoms with van der Waals surface area (Å²) in [6.45, 7) is 1.55. The van der Waals surface area contributed by atoms with Crippen LogP contribution in [0.5, 0.6) is 5.75 Å². The zero-order valence-electron chi connectivity index (χ0n) is 14.5. The van der Waals surface area contributed by atoms with E-state index in [-0.39, 0.29) is 6.03 Å². The average molecular weight is 339 g/mol. The Bertz CT molecular complexity index is 737. The monoisotopic (exact) mass is 339 g/mol. The van der Waals surface area contributed by atoms with Crippen molar-refractivity contribution >= 4 is 16.9 Å². The van der Waals surface area contributed by atoms with Crippen molar-refractivity contribution in [1.82, 2.24) is 15.6 Å². The number of hydrogen-bond donors (Lipinski definition) is 2. The molecule has 1 aromatic carbocycles. The molecule has 3 rings (SSSR count). The van der Waals surface area contributed by atoms with Gasteiger partial charge in [-0.3, -0.25) is 4.98 Å². The summed E-state index contributed by atoms with van der Waals surface area (Å²) in [5, 5.41) is 6.77. The molecule has 25 heavy (non-hydrogen) atoms. The number of rotatable bonds is 7. The molecule has 0 unspecified atom stereocenters. The molecule has 5 heteroatoms. The van der Waals surface area contributed by atoms with Crippen LogP contribution in [0.4, 0.5) is 4.79 Å². The van der Waals surface area contributed by atoms with Crippen LogP contribution in [0.15, 0.2) is 48.2 Å². The van der Waals surface area contributed by atoms with Crippen LogP contribution in [-0.4, -0.2) is 30.7 Å². The molecule has 0 saturated heterocycles. The maximum absolute atomic E-state index is 11.8. The van der Waals surface area contributed by atoms with Gasteiger partial charge in [-0.2, -0.15) is 0 Å². The minimum Gasteiger partial charge on any atom is -0.489 e. The smallest absolute Gasteiger partial charge is 0.314 e. The van der Waals surface area contributed by atoms with Gasteiger partial charge >= 0.3 is 6.03 Å². The van der Waals surface area contributed by atoms with Gasteiger partial charge in [-0.05, 0) is 44.2 Å². The molecule has 1 aliphatic carbocycles. The van der Waals surface area contributed by atoms with E-state index in [0.717, 1.165) is 23.1 Å². The van der Waals surface area contributed by atoms with Crippen molar-refractivity contribution < 1.29 is 9.53 Å². The van der Waals surface area contributed by atoms with E-state index in [9.17, 15) is 4.79 Å². The first-order chi connectivity index (χ1) is 12.3. The van der Waals surface area contributed by atoms with E-state index in [1.807, 2.05) is 30.3 Å². The van der Waals surface area contributed by atoms with Crippen LogP contribution in [0, 0.1) is 0 Å². The van der Waals surface area contributed by atoms with Crippen molar-refractivity contribution in [2.75, 3.05) is 19.7 Å². The fourth-order valence-electron chi connectivity index (χ4n) is 3.05. The van der Waals surface area contributed by atoms with Crippen LogP contribution in [0.3, 0.4) is 0 Å². The molecule has 132 valence electrons. The molecule has 0 radical (unpaired) electrons. The number of carbonyl (C=O) groups excluding carboxylic acids is 1. The average Bonchev–Trinajstić information content (AvgIpc) is 2.66. The van der Waals surface area contributed by atoms with E-state index in [4.69, 9.17) is 4.74 Å². The number of pyridine rings is 1. The van der Waals surface area contributed by atoms with Gasteiger partial charge < -0.3 is 15.4 Å². The van der Waals surface area contributed by atoms with Gasteiger partial charge in [-0.25, -0.2) is 4.79 Å². The number of hydrogen-bond acceptors (Lipinski definition) is 3. The van der Waals surface area contributed by atoms with Gasteiger partial charge in [-0.1, -0.05) is 29.8 Å². The number of aromatic nitrogens is 1. The van der Waals surface area contributed by atoms with Crippen LogP contribution in [0.25, 0.3) is 10.9 Å². The second kappa shape index (κ2) is 9.06. The number of nitrogens with zero attached hydrogens (tertiary/aromatic N) is 1. The van der Waals surface area contributed by atoms with Crippen molar-refractivity contribution in [3.05, 3.63) is 48.2 Å². The molecule has 2 N–H and O–H groups in total. The van der Waals surface area contributed by atoms with Crippen LogP contribution >= 0.6 is 0 Å². The molecule has 0 bridgehead atoms. The first-order valence-corrected chi connectivity index (χ1v) is 8.99. The summed E-state index contributed by atoms with van der Waals surface area (Å²) in [7, 11) is 0. The number of urea groups is 1. The van der Waals surface area contributed by atoms with E-state index in [2.05, 4.69) is 21.7 Å². The number of amides is 2. The van der Waals surface area contributed by atoms with Crippen molar-refractivity contribution in [2.24, 2.45) is 0 Å². The van der Waals surface area contributed by atoms with Crippen molar-refractivity contribution in [3.8, 4) is 5.75 Å². The maximum atomic E-state index is 11.8. The maximum Gasteiger partial charge on any atom is 0.314 e. The van der Waals surface area contributed by atoms with Crippen molar-refractivity contribution in [3.63, 3.8) is 0 Å².